The van der Waals surface area contributed by atoms with E-state index >= 15 is 0 Å². The molecule has 1 aromatic carbocycles. The number of aliphatic carboxylic acids is 1. The van der Waals surface area contributed by atoms with Crippen LogP contribution in [0.2, 0.25) is 0 Å². The normalized spacial score (nSPS) is 9.72. The fourth-order valence-electron chi connectivity index (χ4n) is 0.886. The molecule has 2 N–H and O–H groups in total. The van der Waals surface area contributed by atoms with Crippen molar-refractivity contribution in [2.75, 3.05) is 6.54 Å². The zero-order valence-electron chi connectivity index (χ0n) is 10.7. The zero-order valence-corrected chi connectivity index (χ0v) is 10.7. The Morgan fingerprint density at radius 2 is 1.56 bits per heavy atom. The fourth-order valence-corrected chi connectivity index (χ4v) is 0.886. The lowest BCUT2D eigenvalue weighted by molar-refractivity contribution is -0.137. The molecule has 1 amide bonds. The largest absolute Gasteiger partial charge is 0.480 e. The first kappa shape index (κ1) is 15.9. The van der Waals surface area contributed by atoms with Gasteiger partial charge in [0.05, 0.1) is 0 Å². The minimum absolute atomic E-state index is 0.292. The van der Waals surface area contributed by atoms with Crippen molar-refractivity contribution >= 4 is 11.9 Å². The van der Waals surface area contributed by atoms with Gasteiger partial charge in [-0.15, -0.1) is 0 Å². The van der Waals surface area contributed by atoms with Gasteiger partial charge in [-0.1, -0.05) is 56.3 Å². The van der Waals surface area contributed by atoms with Gasteiger partial charge >= 0.3 is 5.97 Å². The summed E-state index contributed by atoms with van der Waals surface area (Å²) in [6.45, 7) is 3.53. The van der Waals surface area contributed by atoms with E-state index in [9.17, 15) is 9.59 Å². The van der Waals surface area contributed by atoms with E-state index in [1.165, 1.54) is 6.08 Å². The Hall–Kier alpha value is -2.10. The second-order valence-electron chi connectivity index (χ2n) is 3.87. The van der Waals surface area contributed by atoms with E-state index in [0.717, 1.165) is 0 Å². The molecule has 0 aromatic heterocycles. The standard InChI is InChI=1S/C8H13NO3.C6H6/c1-6(2)3-4-7(10)9-5-8(11)12;1-2-4-6-5-3-1/h3-4,6H,5H2,1-2H3,(H,9,10)(H,11,12);1-6H/b4-3+;. The highest BCUT2D eigenvalue weighted by atomic mass is 16.4. The van der Waals surface area contributed by atoms with Crippen LogP contribution in [0.1, 0.15) is 13.8 Å². The van der Waals surface area contributed by atoms with Crippen molar-refractivity contribution < 1.29 is 14.7 Å². The maximum absolute atomic E-state index is 10.8. The summed E-state index contributed by atoms with van der Waals surface area (Å²) < 4.78 is 0. The summed E-state index contributed by atoms with van der Waals surface area (Å²) >= 11 is 0. The molecule has 98 valence electrons. The van der Waals surface area contributed by atoms with Crippen LogP contribution in [0.3, 0.4) is 0 Å². The summed E-state index contributed by atoms with van der Waals surface area (Å²) in [5.74, 6) is -1.12. The van der Waals surface area contributed by atoms with Crippen molar-refractivity contribution in [1.29, 1.82) is 0 Å². The lowest BCUT2D eigenvalue weighted by Crippen LogP contribution is -2.27. The zero-order chi connectivity index (χ0) is 13.8. The number of benzene rings is 1. The van der Waals surface area contributed by atoms with Gasteiger partial charge < -0.3 is 10.4 Å². The molecule has 0 fully saturated rings. The molecule has 0 atom stereocenters. The molecule has 1 rings (SSSR count). The van der Waals surface area contributed by atoms with Crippen molar-refractivity contribution in [3.05, 3.63) is 48.6 Å². The maximum atomic E-state index is 10.8. The van der Waals surface area contributed by atoms with Crippen LogP contribution in [0.5, 0.6) is 0 Å². The molecule has 0 saturated heterocycles. The molecular weight excluding hydrogens is 230 g/mol. The first-order valence-corrected chi connectivity index (χ1v) is 5.70. The molecule has 0 unspecified atom stereocenters. The van der Waals surface area contributed by atoms with Gasteiger partial charge in [0.1, 0.15) is 6.54 Å². The van der Waals surface area contributed by atoms with E-state index in [-0.39, 0.29) is 12.5 Å². The van der Waals surface area contributed by atoms with E-state index in [1.54, 1.807) is 6.08 Å². The molecule has 18 heavy (non-hydrogen) atoms. The summed E-state index contributed by atoms with van der Waals surface area (Å²) in [5, 5.41) is 10.4. The predicted molar refractivity (Wildman–Crippen MR) is 71.1 cm³/mol. The molecule has 0 saturated carbocycles. The van der Waals surface area contributed by atoms with Gasteiger partial charge in [0, 0.05) is 0 Å². The van der Waals surface area contributed by atoms with Gasteiger partial charge in [0.25, 0.3) is 0 Å². The Bertz CT molecular complexity index is 345. The minimum Gasteiger partial charge on any atom is -0.480 e. The summed E-state index contributed by atoms with van der Waals surface area (Å²) in [6.07, 6.45) is 3.05. The van der Waals surface area contributed by atoms with Crippen LogP contribution in [-0.4, -0.2) is 23.5 Å². The number of hydrogen-bond donors (Lipinski definition) is 2. The Morgan fingerprint density at radius 1 is 1.11 bits per heavy atom. The van der Waals surface area contributed by atoms with Crippen LogP contribution in [0, 0.1) is 5.92 Å². The van der Waals surface area contributed by atoms with E-state index in [0.29, 0.717) is 5.92 Å². The predicted octanol–water partition coefficient (Wildman–Crippen LogP) is 2.09. The monoisotopic (exact) mass is 249 g/mol. The van der Waals surface area contributed by atoms with Crippen LogP contribution in [-0.2, 0) is 9.59 Å². The van der Waals surface area contributed by atoms with Crippen molar-refractivity contribution in [2.24, 2.45) is 5.92 Å². The minimum atomic E-state index is -1.04. The Balaban J connectivity index is 0.000000397. The summed E-state index contributed by atoms with van der Waals surface area (Å²) in [7, 11) is 0. The third-order valence-corrected chi connectivity index (χ3v) is 1.71. The van der Waals surface area contributed by atoms with Gasteiger partial charge in [-0.05, 0) is 12.0 Å². The number of carbonyl (C=O) groups excluding carboxylic acids is 1. The van der Waals surface area contributed by atoms with Crippen LogP contribution >= 0.6 is 0 Å². The average Bonchev–Trinajstić information content (AvgIpc) is 2.36. The Labute approximate surface area is 107 Å². The second-order valence-corrected chi connectivity index (χ2v) is 3.87. The molecular formula is C14H19NO3. The number of allylic oxidation sites excluding steroid dienone is 1. The van der Waals surface area contributed by atoms with Crippen LogP contribution < -0.4 is 5.32 Å². The quantitative estimate of drug-likeness (QED) is 0.803. The van der Waals surface area contributed by atoms with Crippen molar-refractivity contribution in [3.8, 4) is 0 Å². The van der Waals surface area contributed by atoms with Gasteiger partial charge in [-0.2, -0.15) is 0 Å². The topological polar surface area (TPSA) is 66.4 Å². The summed E-state index contributed by atoms with van der Waals surface area (Å²) in [5.41, 5.74) is 0. The number of amides is 1. The first-order valence-electron chi connectivity index (χ1n) is 5.70. The van der Waals surface area contributed by atoms with E-state index in [4.69, 9.17) is 5.11 Å². The van der Waals surface area contributed by atoms with Gasteiger partial charge in [0.15, 0.2) is 0 Å². The van der Waals surface area contributed by atoms with Crippen LogP contribution in [0.4, 0.5) is 0 Å². The third kappa shape index (κ3) is 12.0. The highest BCUT2D eigenvalue weighted by molar-refractivity contribution is 5.89. The van der Waals surface area contributed by atoms with Crippen molar-refractivity contribution in [2.45, 2.75) is 13.8 Å². The molecule has 0 aliphatic rings. The highest BCUT2D eigenvalue weighted by Crippen LogP contribution is 1.92. The van der Waals surface area contributed by atoms with E-state index in [1.807, 2.05) is 50.2 Å². The number of rotatable bonds is 4. The van der Waals surface area contributed by atoms with Gasteiger partial charge in [-0.25, -0.2) is 0 Å². The number of carbonyl (C=O) groups is 2. The molecule has 0 aliphatic heterocycles. The first-order chi connectivity index (χ1) is 8.52. The van der Waals surface area contributed by atoms with Crippen molar-refractivity contribution in [1.82, 2.24) is 5.32 Å². The van der Waals surface area contributed by atoms with Gasteiger partial charge in [0.2, 0.25) is 5.91 Å². The molecule has 0 bridgehead atoms. The van der Waals surface area contributed by atoms with E-state index in [2.05, 4.69) is 5.32 Å². The summed E-state index contributed by atoms with van der Waals surface area (Å²) in [6, 6.07) is 12.0. The Morgan fingerprint density at radius 3 is 1.89 bits per heavy atom. The third-order valence-electron chi connectivity index (χ3n) is 1.71. The lowest BCUT2D eigenvalue weighted by Gasteiger charge is -1.96. The maximum Gasteiger partial charge on any atom is 0.322 e. The van der Waals surface area contributed by atoms with Crippen molar-refractivity contribution in [3.63, 3.8) is 0 Å². The number of carboxylic acid groups (broad SMARTS) is 1. The van der Waals surface area contributed by atoms with Crippen LogP contribution in [0.25, 0.3) is 0 Å². The van der Waals surface area contributed by atoms with Gasteiger partial charge in [-0.3, -0.25) is 9.59 Å². The molecule has 4 heteroatoms. The smallest absolute Gasteiger partial charge is 0.322 e. The number of carboxylic acids is 1. The summed E-state index contributed by atoms with van der Waals surface area (Å²) in [4.78, 5) is 20.8. The number of nitrogens with one attached hydrogen (secondary N) is 1. The second kappa shape index (κ2) is 10.1. The average molecular weight is 249 g/mol. The molecule has 0 heterocycles. The number of hydrogen-bond acceptors (Lipinski definition) is 2. The molecule has 0 radical (unpaired) electrons. The SMILES string of the molecule is CC(C)/C=C/C(=O)NCC(=O)O.c1ccccc1. The lowest BCUT2D eigenvalue weighted by atomic mass is 10.2. The van der Waals surface area contributed by atoms with E-state index < -0.39 is 5.97 Å². The highest BCUT2D eigenvalue weighted by Gasteiger charge is 1.98. The Kier molecular flexibility index (Phi) is 8.90. The fraction of sp³-hybridized carbons (Fsp3) is 0.286. The molecule has 4 nitrogen and oxygen atoms in total. The molecule has 0 aliphatic carbocycles. The molecule has 0 spiro atoms. The molecule has 1 aromatic rings. The van der Waals surface area contributed by atoms with Crippen LogP contribution in [0.15, 0.2) is 48.6 Å².